The van der Waals surface area contributed by atoms with Crippen molar-refractivity contribution < 1.29 is 14.3 Å². The van der Waals surface area contributed by atoms with E-state index in [9.17, 15) is 4.79 Å². The third-order valence-corrected chi connectivity index (χ3v) is 3.95. The zero-order chi connectivity index (χ0) is 17.4. The Bertz CT molecular complexity index is 688. The van der Waals surface area contributed by atoms with Crippen molar-refractivity contribution in [2.24, 2.45) is 0 Å². The fraction of sp³-hybridized carbons (Fsp3) is 0.316. The van der Waals surface area contributed by atoms with Crippen LogP contribution in [0.25, 0.3) is 0 Å². The molecule has 4 nitrogen and oxygen atoms in total. The molecule has 2 aromatic rings. The van der Waals surface area contributed by atoms with Crippen LogP contribution in [0.1, 0.15) is 17.5 Å². The summed E-state index contributed by atoms with van der Waals surface area (Å²) in [6.07, 6.45) is 2.87. The van der Waals surface area contributed by atoms with E-state index in [1.54, 1.807) is 14.2 Å². The number of alkyl halides is 1. The SMILES string of the molecule is COc1ccc(CCCc2cccc(NC(=O)CCl)c2)cc1OC. The fourth-order valence-corrected chi connectivity index (χ4v) is 2.60. The summed E-state index contributed by atoms with van der Waals surface area (Å²) in [5.41, 5.74) is 3.17. The van der Waals surface area contributed by atoms with Crippen molar-refractivity contribution in [3.8, 4) is 11.5 Å². The Labute approximate surface area is 147 Å². The number of ether oxygens (including phenoxy) is 2. The summed E-state index contributed by atoms with van der Waals surface area (Å²) in [6.45, 7) is 0. The Kier molecular flexibility index (Phi) is 6.94. The van der Waals surface area contributed by atoms with Crippen molar-refractivity contribution in [1.29, 1.82) is 0 Å². The molecule has 0 saturated heterocycles. The Balaban J connectivity index is 1.92. The molecule has 0 aliphatic carbocycles. The molecule has 0 unspecified atom stereocenters. The highest BCUT2D eigenvalue weighted by Crippen LogP contribution is 2.28. The van der Waals surface area contributed by atoms with Crippen LogP contribution in [0.15, 0.2) is 42.5 Å². The first-order chi connectivity index (χ1) is 11.7. The van der Waals surface area contributed by atoms with E-state index in [1.165, 1.54) is 11.1 Å². The second kappa shape index (κ2) is 9.18. The summed E-state index contributed by atoms with van der Waals surface area (Å²) in [7, 11) is 3.27. The molecule has 2 aromatic carbocycles. The van der Waals surface area contributed by atoms with Gasteiger partial charge in [-0.1, -0.05) is 18.2 Å². The number of carbonyl (C=O) groups is 1. The zero-order valence-electron chi connectivity index (χ0n) is 14.0. The van der Waals surface area contributed by atoms with Crippen molar-refractivity contribution in [2.45, 2.75) is 19.3 Å². The van der Waals surface area contributed by atoms with Crippen LogP contribution in [0.5, 0.6) is 11.5 Å². The van der Waals surface area contributed by atoms with Gasteiger partial charge in [0.05, 0.1) is 14.2 Å². The van der Waals surface area contributed by atoms with E-state index in [0.29, 0.717) is 0 Å². The molecule has 1 N–H and O–H groups in total. The number of hydrogen-bond donors (Lipinski definition) is 1. The van der Waals surface area contributed by atoms with Crippen LogP contribution in [0.4, 0.5) is 5.69 Å². The predicted octanol–water partition coefficient (Wildman–Crippen LogP) is 4.06. The quantitative estimate of drug-likeness (QED) is 0.733. The monoisotopic (exact) mass is 347 g/mol. The first kappa shape index (κ1) is 18.1. The Morgan fingerprint density at radius 3 is 2.38 bits per heavy atom. The molecule has 2 rings (SSSR count). The maximum atomic E-state index is 11.3. The smallest absolute Gasteiger partial charge is 0.239 e. The molecule has 5 heteroatoms. The van der Waals surface area contributed by atoms with E-state index in [0.717, 1.165) is 36.4 Å². The van der Waals surface area contributed by atoms with Crippen LogP contribution in [-0.4, -0.2) is 26.0 Å². The lowest BCUT2D eigenvalue weighted by atomic mass is 10.0. The summed E-state index contributed by atoms with van der Waals surface area (Å²) >= 11 is 5.51. The Hall–Kier alpha value is -2.20. The molecule has 0 radical (unpaired) electrons. The number of benzene rings is 2. The number of nitrogens with one attached hydrogen (secondary N) is 1. The Morgan fingerprint density at radius 1 is 1.00 bits per heavy atom. The summed E-state index contributed by atoms with van der Waals surface area (Å²) in [4.78, 5) is 11.3. The number of aryl methyl sites for hydroxylation is 2. The Morgan fingerprint density at radius 2 is 1.71 bits per heavy atom. The predicted molar refractivity (Wildman–Crippen MR) is 97.4 cm³/mol. The summed E-state index contributed by atoms with van der Waals surface area (Å²) < 4.78 is 10.6. The standard InChI is InChI=1S/C19H22ClNO3/c1-23-17-10-9-15(12-18(17)24-2)6-3-5-14-7-4-8-16(11-14)21-19(22)13-20/h4,7-12H,3,5-6,13H2,1-2H3,(H,21,22). The van der Waals surface area contributed by atoms with Crippen molar-refractivity contribution in [3.05, 3.63) is 53.6 Å². The van der Waals surface area contributed by atoms with Gasteiger partial charge in [0.15, 0.2) is 11.5 Å². The lowest BCUT2D eigenvalue weighted by molar-refractivity contribution is -0.113. The zero-order valence-corrected chi connectivity index (χ0v) is 14.7. The highest BCUT2D eigenvalue weighted by molar-refractivity contribution is 6.29. The number of anilines is 1. The molecule has 0 bridgehead atoms. The van der Waals surface area contributed by atoms with Gasteiger partial charge >= 0.3 is 0 Å². The maximum Gasteiger partial charge on any atom is 0.239 e. The largest absolute Gasteiger partial charge is 0.493 e. The molecule has 128 valence electrons. The molecule has 0 atom stereocenters. The van der Waals surface area contributed by atoms with Crippen molar-refractivity contribution in [3.63, 3.8) is 0 Å². The lowest BCUT2D eigenvalue weighted by Gasteiger charge is -2.10. The van der Waals surface area contributed by atoms with E-state index in [2.05, 4.69) is 17.4 Å². The van der Waals surface area contributed by atoms with Gasteiger partial charge in [-0.2, -0.15) is 0 Å². The molecule has 0 saturated carbocycles. The van der Waals surface area contributed by atoms with Gasteiger partial charge in [-0.3, -0.25) is 4.79 Å². The van der Waals surface area contributed by atoms with E-state index in [4.69, 9.17) is 21.1 Å². The third kappa shape index (κ3) is 5.17. The van der Waals surface area contributed by atoms with Gasteiger partial charge in [0, 0.05) is 5.69 Å². The van der Waals surface area contributed by atoms with Crippen LogP contribution < -0.4 is 14.8 Å². The minimum atomic E-state index is -0.195. The van der Waals surface area contributed by atoms with E-state index < -0.39 is 0 Å². The second-order valence-corrected chi connectivity index (χ2v) is 5.69. The van der Waals surface area contributed by atoms with Crippen LogP contribution in [-0.2, 0) is 17.6 Å². The van der Waals surface area contributed by atoms with Crippen LogP contribution in [0.3, 0.4) is 0 Å². The first-order valence-electron chi connectivity index (χ1n) is 7.82. The molecule has 0 aliphatic heterocycles. The summed E-state index contributed by atoms with van der Waals surface area (Å²) in [6, 6.07) is 13.8. The molecule has 1 amide bonds. The highest BCUT2D eigenvalue weighted by Gasteiger charge is 2.05. The van der Waals surface area contributed by atoms with Gasteiger partial charge < -0.3 is 14.8 Å². The molecule has 0 fully saturated rings. The molecule has 0 aliphatic rings. The first-order valence-corrected chi connectivity index (χ1v) is 8.35. The normalized spacial score (nSPS) is 10.3. The number of halogens is 1. The van der Waals surface area contributed by atoms with E-state index >= 15 is 0 Å². The van der Waals surface area contributed by atoms with Crippen molar-refractivity contribution in [1.82, 2.24) is 0 Å². The second-order valence-electron chi connectivity index (χ2n) is 5.43. The number of rotatable bonds is 8. The fourth-order valence-electron chi connectivity index (χ4n) is 2.53. The van der Waals surface area contributed by atoms with Crippen molar-refractivity contribution >= 4 is 23.2 Å². The molecular formula is C19H22ClNO3. The van der Waals surface area contributed by atoms with Crippen LogP contribution >= 0.6 is 11.6 Å². The van der Waals surface area contributed by atoms with Gasteiger partial charge in [-0.05, 0) is 54.7 Å². The van der Waals surface area contributed by atoms with Gasteiger partial charge in [0.2, 0.25) is 5.91 Å². The van der Waals surface area contributed by atoms with Crippen molar-refractivity contribution in [2.75, 3.05) is 25.4 Å². The molecular weight excluding hydrogens is 326 g/mol. The van der Waals surface area contributed by atoms with Crippen LogP contribution in [0.2, 0.25) is 0 Å². The number of amides is 1. The summed E-state index contributed by atoms with van der Waals surface area (Å²) in [5.74, 6) is 1.26. The molecule has 0 spiro atoms. The average molecular weight is 348 g/mol. The average Bonchev–Trinajstić information content (AvgIpc) is 2.61. The number of hydrogen-bond acceptors (Lipinski definition) is 3. The number of methoxy groups -OCH3 is 2. The highest BCUT2D eigenvalue weighted by atomic mass is 35.5. The minimum Gasteiger partial charge on any atom is -0.493 e. The van der Waals surface area contributed by atoms with Gasteiger partial charge in [0.1, 0.15) is 5.88 Å². The lowest BCUT2D eigenvalue weighted by Crippen LogP contribution is -2.12. The molecule has 0 heterocycles. The maximum absolute atomic E-state index is 11.3. The van der Waals surface area contributed by atoms with Gasteiger partial charge in [-0.25, -0.2) is 0 Å². The van der Waals surface area contributed by atoms with Gasteiger partial charge in [0.25, 0.3) is 0 Å². The summed E-state index contributed by atoms with van der Waals surface area (Å²) in [5, 5.41) is 2.77. The molecule has 0 aromatic heterocycles. The van der Waals surface area contributed by atoms with Gasteiger partial charge in [-0.15, -0.1) is 11.6 Å². The van der Waals surface area contributed by atoms with E-state index in [-0.39, 0.29) is 11.8 Å². The van der Waals surface area contributed by atoms with Crippen LogP contribution in [0, 0.1) is 0 Å². The molecule has 24 heavy (non-hydrogen) atoms. The minimum absolute atomic E-state index is 0.0382. The van der Waals surface area contributed by atoms with E-state index in [1.807, 2.05) is 30.3 Å². The topological polar surface area (TPSA) is 47.6 Å². The number of carbonyl (C=O) groups excluding carboxylic acids is 1. The third-order valence-electron chi connectivity index (χ3n) is 3.71.